The van der Waals surface area contributed by atoms with E-state index in [0.29, 0.717) is 0 Å². The molecule has 4 nitrogen and oxygen atoms in total. The average molecular weight is 219 g/mol. The molecule has 0 bridgehead atoms. The number of nitrogens with zero attached hydrogens (tertiary/aromatic N) is 2. The van der Waals surface area contributed by atoms with Crippen LogP contribution in [0.2, 0.25) is 0 Å². The molecule has 2 atom stereocenters. The second kappa shape index (κ2) is 4.61. The molecule has 1 fully saturated rings. The maximum Gasteiger partial charge on any atom is 0.239 e. The topological polar surface area (TPSA) is 59.2 Å². The van der Waals surface area contributed by atoms with Gasteiger partial charge < -0.3 is 10.6 Å². The lowest BCUT2D eigenvalue weighted by Gasteiger charge is -2.26. The maximum atomic E-state index is 11.9. The minimum Gasteiger partial charge on any atom is -0.334 e. The monoisotopic (exact) mass is 219 g/mol. The summed E-state index contributed by atoms with van der Waals surface area (Å²) < 4.78 is 0. The van der Waals surface area contributed by atoms with Crippen LogP contribution >= 0.6 is 0 Å². The Kier molecular flexibility index (Phi) is 3.19. The molecule has 0 saturated carbocycles. The van der Waals surface area contributed by atoms with E-state index < -0.39 is 6.04 Å². The van der Waals surface area contributed by atoms with Gasteiger partial charge in [0.15, 0.2) is 0 Å². The lowest BCUT2D eigenvalue weighted by molar-refractivity contribution is -0.133. The predicted octanol–water partition coefficient (Wildman–Crippen LogP) is 1.09. The predicted molar refractivity (Wildman–Crippen MR) is 61.6 cm³/mol. The van der Waals surface area contributed by atoms with Crippen LogP contribution in [-0.2, 0) is 4.79 Å². The van der Waals surface area contributed by atoms with Crippen molar-refractivity contribution in [3.8, 4) is 0 Å². The molecule has 4 heteroatoms. The molecule has 1 aliphatic rings. The highest BCUT2D eigenvalue weighted by atomic mass is 16.2. The van der Waals surface area contributed by atoms with Gasteiger partial charge in [-0.3, -0.25) is 9.78 Å². The summed E-state index contributed by atoms with van der Waals surface area (Å²) in [4.78, 5) is 17.8. The van der Waals surface area contributed by atoms with Crippen LogP contribution in [-0.4, -0.2) is 28.4 Å². The van der Waals surface area contributed by atoms with Crippen molar-refractivity contribution in [3.63, 3.8) is 0 Å². The average Bonchev–Trinajstić information content (AvgIpc) is 2.77. The normalized spacial score (nSPS) is 22.1. The molecule has 1 amide bonds. The van der Waals surface area contributed by atoms with E-state index in [2.05, 4.69) is 4.98 Å². The van der Waals surface area contributed by atoms with Crippen molar-refractivity contribution in [1.82, 2.24) is 9.88 Å². The number of hydrogen-bond donors (Lipinski definition) is 1. The zero-order valence-corrected chi connectivity index (χ0v) is 9.47. The van der Waals surface area contributed by atoms with E-state index in [1.165, 1.54) is 0 Å². The van der Waals surface area contributed by atoms with Crippen molar-refractivity contribution in [2.24, 2.45) is 5.73 Å². The van der Waals surface area contributed by atoms with Gasteiger partial charge in [-0.15, -0.1) is 0 Å². The van der Waals surface area contributed by atoms with Gasteiger partial charge in [0.2, 0.25) is 5.91 Å². The Hall–Kier alpha value is -1.42. The van der Waals surface area contributed by atoms with E-state index in [1.807, 2.05) is 17.0 Å². The number of amides is 1. The van der Waals surface area contributed by atoms with Gasteiger partial charge >= 0.3 is 0 Å². The van der Waals surface area contributed by atoms with Crippen molar-refractivity contribution in [3.05, 3.63) is 30.1 Å². The highest BCUT2D eigenvalue weighted by molar-refractivity contribution is 5.81. The molecular formula is C12H17N3O. The maximum absolute atomic E-state index is 11.9. The molecule has 2 heterocycles. The zero-order chi connectivity index (χ0) is 11.5. The Labute approximate surface area is 95.5 Å². The highest BCUT2D eigenvalue weighted by Gasteiger charge is 2.30. The minimum absolute atomic E-state index is 0.0410. The molecule has 16 heavy (non-hydrogen) atoms. The molecule has 0 aromatic carbocycles. The van der Waals surface area contributed by atoms with Gasteiger partial charge in [-0.2, -0.15) is 0 Å². The molecule has 0 spiro atoms. The molecule has 1 aromatic rings. The fourth-order valence-electron chi connectivity index (χ4n) is 2.22. The lowest BCUT2D eigenvalue weighted by atomic mass is 10.1. The van der Waals surface area contributed by atoms with Crippen LogP contribution in [0.3, 0.4) is 0 Å². The number of rotatable bonds is 2. The minimum atomic E-state index is -0.414. The van der Waals surface area contributed by atoms with Crippen LogP contribution in [0.25, 0.3) is 0 Å². The smallest absolute Gasteiger partial charge is 0.239 e. The van der Waals surface area contributed by atoms with Crippen molar-refractivity contribution < 1.29 is 4.79 Å². The van der Waals surface area contributed by atoms with Gasteiger partial charge in [0.25, 0.3) is 0 Å². The Morgan fingerprint density at radius 3 is 2.88 bits per heavy atom. The summed E-state index contributed by atoms with van der Waals surface area (Å²) in [6.45, 7) is 2.55. The number of pyridine rings is 1. The number of likely N-dealkylation sites (tertiary alicyclic amines) is 1. The number of nitrogens with two attached hydrogens (primary N) is 1. The van der Waals surface area contributed by atoms with E-state index in [4.69, 9.17) is 5.73 Å². The first-order valence-electron chi connectivity index (χ1n) is 5.66. The van der Waals surface area contributed by atoms with Crippen molar-refractivity contribution in [1.29, 1.82) is 0 Å². The first-order valence-corrected chi connectivity index (χ1v) is 5.66. The van der Waals surface area contributed by atoms with E-state index in [0.717, 1.165) is 24.9 Å². The van der Waals surface area contributed by atoms with E-state index in [1.54, 1.807) is 19.3 Å². The van der Waals surface area contributed by atoms with Gasteiger partial charge in [-0.25, -0.2) is 0 Å². The molecule has 86 valence electrons. The first kappa shape index (κ1) is 11.1. The molecule has 2 N–H and O–H groups in total. The molecule has 1 unspecified atom stereocenters. The summed E-state index contributed by atoms with van der Waals surface area (Å²) >= 11 is 0. The third-order valence-electron chi connectivity index (χ3n) is 3.02. The van der Waals surface area contributed by atoms with Crippen molar-refractivity contribution in [2.75, 3.05) is 6.54 Å². The van der Waals surface area contributed by atoms with Crippen LogP contribution in [0.1, 0.15) is 31.4 Å². The van der Waals surface area contributed by atoms with Gasteiger partial charge in [0.05, 0.1) is 12.1 Å². The van der Waals surface area contributed by atoms with Crippen LogP contribution < -0.4 is 5.73 Å². The largest absolute Gasteiger partial charge is 0.334 e. The van der Waals surface area contributed by atoms with Crippen molar-refractivity contribution in [2.45, 2.75) is 31.8 Å². The molecule has 0 aliphatic carbocycles. The van der Waals surface area contributed by atoms with E-state index in [-0.39, 0.29) is 11.9 Å². The lowest BCUT2D eigenvalue weighted by Crippen LogP contribution is -2.41. The van der Waals surface area contributed by atoms with Gasteiger partial charge in [-0.05, 0) is 37.5 Å². The fraction of sp³-hybridized carbons (Fsp3) is 0.500. The zero-order valence-electron chi connectivity index (χ0n) is 9.47. The summed E-state index contributed by atoms with van der Waals surface area (Å²) in [6.07, 6.45) is 5.60. The van der Waals surface area contributed by atoms with Crippen molar-refractivity contribution >= 4 is 5.91 Å². The molecule has 1 aromatic heterocycles. The molecule has 0 radical (unpaired) electrons. The second-order valence-corrected chi connectivity index (χ2v) is 4.26. The SMILES string of the molecule is C[C@H](N)C(=O)N1CCCC1c1ccncc1. The number of hydrogen-bond acceptors (Lipinski definition) is 3. The summed E-state index contributed by atoms with van der Waals surface area (Å²) in [5.41, 5.74) is 6.81. The highest BCUT2D eigenvalue weighted by Crippen LogP contribution is 2.31. The Balaban J connectivity index is 2.19. The fourth-order valence-corrected chi connectivity index (χ4v) is 2.22. The number of carbonyl (C=O) groups excluding carboxylic acids is 1. The number of carbonyl (C=O) groups is 1. The summed E-state index contributed by atoms with van der Waals surface area (Å²) in [7, 11) is 0. The Morgan fingerprint density at radius 1 is 1.56 bits per heavy atom. The van der Waals surface area contributed by atoms with E-state index >= 15 is 0 Å². The van der Waals surface area contributed by atoms with Gasteiger partial charge in [0, 0.05) is 18.9 Å². The number of aromatic nitrogens is 1. The van der Waals surface area contributed by atoms with Crippen LogP contribution in [0.4, 0.5) is 0 Å². The molecular weight excluding hydrogens is 202 g/mol. The summed E-state index contributed by atoms with van der Waals surface area (Å²) in [5, 5.41) is 0. The molecule has 2 rings (SSSR count). The molecule has 1 aliphatic heterocycles. The summed E-state index contributed by atoms with van der Waals surface area (Å²) in [6, 6.07) is 3.71. The third kappa shape index (κ3) is 2.07. The summed E-state index contributed by atoms with van der Waals surface area (Å²) in [5.74, 6) is 0.0410. The van der Waals surface area contributed by atoms with Gasteiger partial charge in [0.1, 0.15) is 0 Å². The Bertz CT molecular complexity index is 364. The van der Waals surface area contributed by atoms with Crippen LogP contribution in [0, 0.1) is 0 Å². The van der Waals surface area contributed by atoms with Gasteiger partial charge in [-0.1, -0.05) is 0 Å². The first-order chi connectivity index (χ1) is 7.70. The molecule has 1 saturated heterocycles. The standard InChI is InChI=1S/C12H17N3O/c1-9(13)12(16)15-8-2-3-11(15)10-4-6-14-7-5-10/h4-7,9,11H,2-3,8,13H2,1H3/t9-,11?/m0/s1. The second-order valence-electron chi connectivity index (χ2n) is 4.26. The van der Waals surface area contributed by atoms with E-state index in [9.17, 15) is 4.79 Å². The Morgan fingerprint density at radius 2 is 2.25 bits per heavy atom. The third-order valence-corrected chi connectivity index (χ3v) is 3.02. The van der Waals surface area contributed by atoms with Crippen LogP contribution in [0.15, 0.2) is 24.5 Å². The quantitative estimate of drug-likeness (QED) is 0.810. The van der Waals surface area contributed by atoms with Crippen LogP contribution in [0.5, 0.6) is 0 Å².